The van der Waals surface area contributed by atoms with Gasteiger partial charge in [-0.05, 0) is 31.5 Å². The Morgan fingerprint density at radius 1 is 1.38 bits per heavy atom. The SMILES string of the molecule is Cc1nn(Cc2ccc(C(=O)NN)cc2)c(C)c1[N+](=O)[O-]. The van der Waals surface area contributed by atoms with Gasteiger partial charge in [0, 0.05) is 5.56 Å². The lowest BCUT2D eigenvalue weighted by atomic mass is 10.1. The highest BCUT2D eigenvalue weighted by Gasteiger charge is 2.21. The number of nitrogens with one attached hydrogen (secondary N) is 1. The molecule has 2 aromatic rings. The first-order chi connectivity index (χ1) is 9.93. The molecule has 8 heteroatoms. The summed E-state index contributed by atoms with van der Waals surface area (Å²) in [6.07, 6.45) is 0. The predicted octanol–water partition coefficient (Wildman–Crippen LogP) is 1.06. The molecule has 0 aliphatic rings. The normalized spacial score (nSPS) is 10.4. The molecule has 0 aliphatic carbocycles. The van der Waals surface area contributed by atoms with Crippen LogP contribution in [0.4, 0.5) is 5.69 Å². The second-order valence-electron chi connectivity index (χ2n) is 4.60. The maximum absolute atomic E-state index is 11.3. The van der Waals surface area contributed by atoms with Crippen LogP contribution in [0.2, 0.25) is 0 Å². The van der Waals surface area contributed by atoms with Crippen molar-refractivity contribution in [1.82, 2.24) is 15.2 Å². The molecule has 1 heterocycles. The summed E-state index contributed by atoms with van der Waals surface area (Å²) in [5, 5.41) is 15.1. The lowest BCUT2D eigenvalue weighted by Crippen LogP contribution is -2.29. The summed E-state index contributed by atoms with van der Waals surface area (Å²) in [5.41, 5.74) is 4.30. The number of nitrogens with two attached hydrogens (primary N) is 1. The molecule has 0 spiro atoms. The van der Waals surface area contributed by atoms with Crippen LogP contribution in [0.1, 0.15) is 27.3 Å². The zero-order valence-electron chi connectivity index (χ0n) is 11.7. The molecule has 1 aromatic carbocycles. The summed E-state index contributed by atoms with van der Waals surface area (Å²) in [6.45, 7) is 3.66. The van der Waals surface area contributed by atoms with Gasteiger partial charge < -0.3 is 0 Å². The van der Waals surface area contributed by atoms with Crippen molar-refractivity contribution in [2.45, 2.75) is 20.4 Å². The molecule has 0 atom stereocenters. The summed E-state index contributed by atoms with van der Waals surface area (Å²) < 4.78 is 1.57. The standard InChI is InChI=1S/C13H15N5O3/c1-8-12(18(20)21)9(2)17(16-8)7-10-3-5-11(6-4-10)13(19)15-14/h3-6H,7,14H2,1-2H3,(H,15,19). The molecule has 0 saturated carbocycles. The lowest BCUT2D eigenvalue weighted by molar-refractivity contribution is -0.386. The fourth-order valence-electron chi connectivity index (χ4n) is 2.12. The van der Waals surface area contributed by atoms with Crippen molar-refractivity contribution in [3.05, 3.63) is 56.9 Å². The molecule has 1 amide bonds. The first-order valence-corrected chi connectivity index (χ1v) is 6.22. The molecule has 110 valence electrons. The Bertz CT molecular complexity index is 691. The minimum absolute atomic E-state index is 0.0362. The highest BCUT2D eigenvalue weighted by atomic mass is 16.6. The Labute approximate surface area is 120 Å². The number of aryl methyl sites for hydroxylation is 1. The molecule has 0 aliphatic heterocycles. The molecule has 1 aromatic heterocycles. The molecular formula is C13H15N5O3. The topological polar surface area (TPSA) is 116 Å². The Morgan fingerprint density at radius 3 is 2.48 bits per heavy atom. The molecule has 0 bridgehead atoms. The van der Waals surface area contributed by atoms with Gasteiger partial charge in [-0.2, -0.15) is 5.10 Å². The minimum atomic E-state index is -0.428. The van der Waals surface area contributed by atoms with E-state index in [0.29, 0.717) is 23.5 Å². The Balaban J connectivity index is 2.25. The third kappa shape index (κ3) is 2.90. The second-order valence-corrected chi connectivity index (χ2v) is 4.60. The quantitative estimate of drug-likeness (QED) is 0.378. The van der Waals surface area contributed by atoms with E-state index in [9.17, 15) is 14.9 Å². The van der Waals surface area contributed by atoms with E-state index in [1.807, 2.05) is 0 Å². The Kier molecular flexibility index (Phi) is 3.99. The summed E-state index contributed by atoms with van der Waals surface area (Å²) in [4.78, 5) is 21.9. The highest BCUT2D eigenvalue weighted by Crippen LogP contribution is 2.22. The van der Waals surface area contributed by atoms with E-state index in [1.54, 1.807) is 42.8 Å². The fraction of sp³-hybridized carbons (Fsp3) is 0.231. The van der Waals surface area contributed by atoms with E-state index >= 15 is 0 Å². The molecular weight excluding hydrogens is 274 g/mol. The monoisotopic (exact) mass is 289 g/mol. The van der Waals surface area contributed by atoms with Crippen LogP contribution >= 0.6 is 0 Å². The molecule has 8 nitrogen and oxygen atoms in total. The van der Waals surface area contributed by atoms with Crippen LogP contribution in [0.25, 0.3) is 0 Å². The van der Waals surface area contributed by atoms with Gasteiger partial charge >= 0.3 is 5.69 Å². The number of hydrazine groups is 1. The van der Waals surface area contributed by atoms with E-state index in [1.165, 1.54) is 0 Å². The van der Waals surface area contributed by atoms with Gasteiger partial charge in [0.05, 0.1) is 11.5 Å². The van der Waals surface area contributed by atoms with Crippen LogP contribution in [0, 0.1) is 24.0 Å². The number of amides is 1. The van der Waals surface area contributed by atoms with Crippen molar-refractivity contribution in [2.24, 2.45) is 5.84 Å². The number of hydrogen-bond acceptors (Lipinski definition) is 5. The number of carbonyl (C=O) groups is 1. The molecule has 0 unspecified atom stereocenters. The Morgan fingerprint density at radius 2 is 2.00 bits per heavy atom. The van der Waals surface area contributed by atoms with Crippen LogP contribution in [-0.2, 0) is 6.54 Å². The maximum Gasteiger partial charge on any atom is 0.312 e. The summed E-state index contributed by atoms with van der Waals surface area (Å²) in [5.74, 6) is 4.68. The van der Waals surface area contributed by atoms with Crippen molar-refractivity contribution < 1.29 is 9.72 Å². The van der Waals surface area contributed by atoms with Crippen molar-refractivity contribution in [1.29, 1.82) is 0 Å². The summed E-state index contributed by atoms with van der Waals surface area (Å²) >= 11 is 0. The van der Waals surface area contributed by atoms with Gasteiger partial charge in [-0.25, -0.2) is 5.84 Å². The number of benzene rings is 1. The predicted molar refractivity (Wildman–Crippen MR) is 75.6 cm³/mol. The first kappa shape index (κ1) is 14.7. The van der Waals surface area contributed by atoms with Gasteiger partial charge in [-0.3, -0.25) is 25.0 Å². The van der Waals surface area contributed by atoms with Gasteiger partial charge in [0.15, 0.2) is 0 Å². The lowest BCUT2D eigenvalue weighted by Gasteiger charge is -2.05. The van der Waals surface area contributed by atoms with Crippen LogP contribution in [0.3, 0.4) is 0 Å². The van der Waals surface area contributed by atoms with Crippen LogP contribution < -0.4 is 11.3 Å². The van der Waals surface area contributed by atoms with E-state index in [4.69, 9.17) is 5.84 Å². The van der Waals surface area contributed by atoms with Gasteiger partial charge in [-0.15, -0.1) is 0 Å². The van der Waals surface area contributed by atoms with Gasteiger partial charge in [0.2, 0.25) is 0 Å². The number of nitrogen functional groups attached to an aromatic ring is 1. The molecule has 3 N–H and O–H groups in total. The number of rotatable bonds is 4. The average molecular weight is 289 g/mol. The van der Waals surface area contributed by atoms with E-state index in [-0.39, 0.29) is 11.6 Å². The van der Waals surface area contributed by atoms with E-state index in [2.05, 4.69) is 10.5 Å². The average Bonchev–Trinajstić information content (AvgIpc) is 2.73. The smallest absolute Gasteiger partial charge is 0.290 e. The zero-order chi connectivity index (χ0) is 15.6. The van der Waals surface area contributed by atoms with E-state index < -0.39 is 4.92 Å². The van der Waals surface area contributed by atoms with Crippen LogP contribution in [0.5, 0.6) is 0 Å². The minimum Gasteiger partial charge on any atom is -0.290 e. The third-order valence-corrected chi connectivity index (χ3v) is 3.21. The van der Waals surface area contributed by atoms with Gasteiger partial charge in [0.25, 0.3) is 5.91 Å². The zero-order valence-corrected chi connectivity index (χ0v) is 11.7. The van der Waals surface area contributed by atoms with Crippen molar-refractivity contribution in [3.8, 4) is 0 Å². The fourth-order valence-corrected chi connectivity index (χ4v) is 2.12. The van der Waals surface area contributed by atoms with Gasteiger partial charge in [0.1, 0.15) is 11.4 Å². The molecule has 2 rings (SSSR count). The largest absolute Gasteiger partial charge is 0.312 e. The molecule has 0 radical (unpaired) electrons. The highest BCUT2D eigenvalue weighted by molar-refractivity contribution is 5.93. The van der Waals surface area contributed by atoms with Crippen LogP contribution in [-0.4, -0.2) is 20.6 Å². The van der Waals surface area contributed by atoms with Crippen molar-refractivity contribution >= 4 is 11.6 Å². The molecule has 0 saturated heterocycles. The van der Waals surface area contributed by atoms with Gasteiger partial charge in [-0.1, -0.05) is 12.1 Å². The molecule has 0 fully saturated rings. The maximum atomic E-state index is 11.3. The second kappa shape index (κ2) is 5.71. The first-order valence-electron chi connectivity index (χ1n) is 6.22. The molecule has 21 heavy (non-hydrogen) atoms. The van der Waals surface area contributed by atoms with Crippen LogP contribution in [0.15, 0.2) is 24.3 Å². The third-order valence-electron chi connectivity index (χ3n) is 3.21. The van der Waals surface area contributed by atoms with E-state index in [0.717, 1.165) is 5.56 Å². The van der Waals surface area contributed by atoms with Crippen molar-refractivity contribution in [3.63, 3.8) is 0 Å². The Hall–Kier alpha value is -2.74. The summed E-state index contributed by atoms with van der Waals surface area (Å²) in [6, 6.07) is 6.79. The number of nitro groups is 1. The number of nitrogens with zero attached hydrogens (tertiary/aromatic N) is 3. The number of carbonyl (C=O) groups excluding carboxylic acids is 1. The van der Waals surface area contributed by atoms with Crippen molar-refractivity contribution in [2.75, 3.05) is 0 Å². The number of aromatic nitrogens is 2. The summed E-state index contributed by atoms with van der Waals surface area (Å²) in [7, 11) is 0. The number of hydrogen-bond donors (Lipinski definition) is 2.